The third kappa shape index (κ3) is 3.55. The minimum Gasteiger partial charge on any atom is -0.365 e. The molecule has 0 aliphatic rings. The monoisotopic (exact) mass is 234 g/mol. The van der Waals surface area contributed by atoms with Gasteiger partial charge in [-0.3, -0.25) is 4.79 Å². The molecule has 1 N–H and O–H groups in total. The van der Waals surface area contributed by atoms with Gasteiger partial charge < -0.3 is 10.2 Å². The largest absolute Gasteiger partial charge is 0.365 e. The molecule has 1 amide bonds. The highest BCUT2D eigenvalue weighted by atomic mass is 16.2. The maximum absolute atomic E-state index is 11.9. The van der Waals surface area contributed by atoms with Gasteiger partial charge in [0.05, 0.1) is 12.4 Å². The van der Waals surface area contributed by atoms with Crippen molar-refractivity contribution in [2.24, 2.45) is 0 Å². The fourth-order valence-electron chi connectivity index (χ4n) is 1.38. The summed E-state index contributed by atoms with van der Waals surface area (Å²) in [4.78, 5) is 21.8. The topological polar surface area (TPSA) is 58.1 Å². The first-order valence-corrected chi connectivity index (χ1v) is 5.69. The van der Waals surface area contributed by atoms with E-state index in [9.17, 15) is 4.79 Å². The van der Waals surface area contributed by atoms with Gasteiger partial charge >= 0.3 is 0 Å². The van der Waals surface area contributed by atoms with Gasteiger partial charge in [-0.05, 0) is 13.8 Å². The van der Waals surface area contributed by atoms with E-state index in [1.165, 1.54) is 6.20 Å². The van der Waals surface area contributed by atoms with Crippen LogP contribution in [0.5, 0.6) is 0 Å². The molecular formula is C12H18N4O. The van der Waals surface area contributed by atoms with Crippen molar-refractivity contribution in [2.75, 3.05) is 25.0 Å². The summed E-state index contributed by atoms with van der Waals surface area (Å²) in [6, 6.07) is 0. The fourth-order valence-corrected chi connectivity index (χ4v) is 1.38. The standard InChI is InChI=1S/C12H18N4O/c1-4-7-13-11-9-14-10(8-15-11)12(17)16(5-2)6-3/h4,8-9H,1,5-7H2,2-3H3,(H,13,15). The molecule has 0 atom stereocenters. The Morgan fingerprint density at radius 3 is 2.59 bits per heavy atom. The lowest BCUT2D eigenvalue weighted by Crippen LogP contribution is -2.31. The van der Waals surface area contributed by atoms with Gasteiger partial charge in [-0.15, -0.1) is 6.58 Å². The van der Waals surface area contributed by atoms with Crippen molar-refractivity contribution < 1.29 is 4.79 Å². The molecule has 0 bridgehead atoms. The van der Waals surface area contributed by atoms with E-state index in [2.05, 4.69) is 21.9 Å². The van der Waals surface area contributed by atoms with E-state index in [4.69, 9.17) is 0 Å². The predicted octanol–water partition coefficient (Wildman–Crippen LogP) is 1.56. The smallest absolute Gasteiger partial charge is 0.274 e. The number of nitrogens with one attached hydrogen (secondary N) is 1. The molecule has 0 aromatic carbocycles. The molecule has 92 valence electrons. The number of hydrogen-bond acceptors (Lipinski definition) is 4. The Kier molecular flexibility index (Phi) is 5.13. The van der Waals surface area contributed by atoms with Crippen LogP contribution in [0, 0.1) is 0 Å². The molecule has 1 heterocycles. The number of carbonyl (C=O) groups excluding carboxylic acids is 1. The van der Waals surface area contributed by atoms with Crippen molar-refractivity contribution in [1.82, 2.24) is 14.9 Å². The first kappa shape index (κ1) is 13.2. The molecule has 0 radical (unpaired) electrons. The van der Waals surface area contributed by atoms with Crippen LogP contribution in [0.15, 0.2) is 25.0 Å². The number of anilines is 1. The maximum Gasteiger partial charge on any atom is 0.274 e. The molecule has 1 aromatic rings. The molecule has 1 aromatic heterocycles. The number of rotatable bonds is 6. The van der Waals surface area contributed by atoms with Crippen LogP contribution in [0.25, 0.3) is 0 Å². The van der Waals surface area contributed by atoms with E-state index in [-0.39, 0.29) is 5.91 Å². The molecule has 0 aliphatic heterocycles. The fraction of sp³-hybridized carbons (Fsp3) is 0.417. The average Bonchev–Trinajstić information content (AvgIpc) is 2.38. The van der Waals surface area contributed by atoms with Gasteiger partial charge in [0, 0.05) is 19.6 Å². The Balaban J connectivity index is 2.72. The lowest BCUT2D eigenvalue weighted by molar-refractivity contribution is 0.0766. The van der Waals surface area contributed by atoms with E-state index >= 15 is 0 Å². The second kappa shape index (κ2) is 6.62. The van der Waals surface area contributed by atoms with E-state index in [1.807, 2.05) is 13.8 Å². The highest BCUT2D eigenvalue weighted by Crippen LogP contribution is 2.04. The van der Waals surface area contributed by atoms with Crippen LogP contribution in [0.1, 0.15) is 24.3 Å². The number of amides is 1. The van der Waals surface area contributed by atoms with Gasteiger partial charge in [-0.2, -0.15) is 0 Å². The minimum atomic E-state index is -0.0854. The molecule has 5 heteroatoms. The summed E-state index contributed by atoms with van der Waals surface area (Å²) in [6.07, 6.45) is 4.78. The van der Waals surface area contributed by atoms with E-state index in [1.54, 1.807) is 17.2 Å². The van der Waals surface area contributed by atoms with Gasteiger partial charge in [0.25, 0.3) is 5.91 Å². The summed E-state index contributed by atoms with van der Waals surface area (Å²) in [5.74, 6) is 0.554. The summed E-state index contributed by atoms with van der Waals surface area (Å²) in [7, 11) is 0. The van der Waals surface area contributed by atoms with Crippen LogP contribution in [0.2, 0.25) is 0 Å². The van der Waals surface area contributed by atoms with Crippen molar-refractivity contribution in [3.05, 3.63) is 30.7 Å². The third-order valence-electron chi connectivity index (χ3n) is 2.35. The summed E-state index contributed by atoms with van der Waals surface area (Å²) < 4.78 is 0. The zero-order valence-corrected chi connectivity index (χ0v) is 10.3. The molecule has 0 spiro atoms. The Hall–Kier alpha value is -1.91. The van der Waals surface area contributed by atoms with Crippen LogP contribution >= 0.6 is 0 Å². The Labute approximate surface area is 102 Å². The van der Waals surface area contributed by atoms with Gasteiger partial charge in [0.1, 0.15) is 11.5 Å². The van der Waals surface area contributed by atoms with Crippen molar-refractivity contribution in [2.45, 2.75) is 13.8 Å². The summed E-state index contributed by atoms with van der Waals surface area (Å²) in [6.45, 7) is 9.45. The van der Waals surface area contributed by atoms with Crippen LogP contribution in [-0.4, -0.2) is 40.4 Å². The second-order valence-corrected chi connectivity index (χ2v) is 3.43. The zero-order valence-electron chi connectivity index (χ0n) is 10.3. The SMILES string of the molecule is C=CCNc1cnc(C(=O)N(CC)CC)cn1. The zero-order chi connectivity index (χ0) is 12.7. The van der Waals surface area contributed by atoms with E-state index in [0.717, 1.165) is 0 Å². The van der Waals surface area contributed by atoms with Crippen molar-refractivity contribution in [1.29, 1.82) is 0 Å². The number of nitrogens with zero attached hydrogens (tertiary/aromatic N) is 3. The third-order valence-corrected chi connectivity index (χ3v) is 2.35. The minimum absolute atomic E-state index is 0.0854. The number of hydrogen-bond donors (Lipinski definition) is 1. The molecule has 0 saturated heterocycles. The van der Waals surface area contributed by atoms with Gasteiger partial charge in [-0.1, -0.05) is 6.08 Å². The molecule has 17 heavy (non-hydrogen) atoms. The first-order chi connectivity index (χ1) is 8.22. The van der Waals surface area contributed by atoms with Crippen molar-refractivity contribution in [3.63, 3.8) is 0 Å². The van der Waals surface area contributed by atoms with Crippen LogP contribution in [-0.2, 0) is 0 Å². The Morgan fingerprint density at radius 1 is 1.41 bits per heavy atom. The Bertz CT molecular complexity index is 371. The molecule has 0 unspecified atom stereocenters. The van der Waals surface area contributed by atoms with Crippen molar-refractivity contribution >= 4 is 11.7 Å². The molecule has 0 saturated carbocycles. The lowest BCUT2D eigenvalue weighted by atomic mass is 10.3. The quantitative estimate of drug-likeness (QED) is 0.759. The van der Waals surface area contributed by atoms with Crippen LogP contribution < -0.4 is 5.32 Å². The molecule has 0 fully saturated rings. The molecule has 5 nitrogen and oxygen atoms in total. The second-order valence-electron chi connectivity index (χ2n) is 3.43. The van der Waals surface area contributed by atoms with Crippen LogP contribution in [0.4, 0.5) is 5.82 Å². The highest BCUT2D eigenvalue weighted by molar-refractivity contribution is 5.92. The van der Waals surface area contributed by atoms with Crippen LogP contribution in [0.3, 0.4) is 0 Å². The van der Waals surface area contributed by atoms with E-state index in [0.29, 0.717) is 31.1 Å². The maximum atomic E-state index is 11.9. The highest BCUT2D eigenvalue weighted by Gasteiger charge is 2.13. The van der Waals surface area contributed by atoms with Gasteiger partial charge in [-0.25, -0.2) is 9.97 Å². The predicted molar refractivity (Wildman–Crippen MR) is 68.0 cm³/mol. The number of aromatic nitrogens is 2. The lowest BCUT2D eigenvalue weighted by Gasteiger charge is -2.17. The molecule has 0 aliphatic carbocycles. The molecule has 1 rings (SSSR count). The van der Waals surface area contributed by atoms with E-state index < -0.39 is 0 Å². The molecular weight excluding hydrogens is 216 g/mol. The van der Waals surface area contributed by atoms with Crippen molar-refractivity contribution in [3.8, 4) is 0 Å². The number of carbonyl (C=O) groups is 1. The summed E-state index contributed by atoms with van der Waals surface area (Å²) >= 11 is 0. The normalized spacial score (nSPS) is 9.76. The van der Waals surface area contributed by atoms with Gasteiger partial charge in [0.15, 0.2) is 0 Å². The first-order valence-electron chi connectivity index (χ1n) is 5.69. The Morgan fingerprint density at radius 2 is 2.12 bits per heavy atom. The average molecular weight is 234 g/mol. The summed E-state index contributed by atoms with van der Waals surface area (Å²) in [5, 5.41) is 3.00. The summed E-state index contributed by atoms with van der Waals surface area (Å²) in [5.41, 5.74) is 0.373. The van der Waals surface area contributed by atoms with Gasteiger partial charge in [0.2, 0.25) is 0 Å².